The maximum absolute atomic E-state index is 13.7. The number of sulfonamides is 1. The van der Waals surface area contributed by atoms with E-state index >= 15 is 0 Å². The highest BCUT2D eigenvalue weighted by atomic mass is 32.2. The van der Waals surface area contributed by atoms with E-state index in [1.807, 2.05) is 0 Å². The maximum atomic E-state index is 13.7. The van der Waals surface area contributed by atoms with Crippen molar-refractivity contribution in [2.45, 2.75) is 17.4 Å². The summed E-state index contributed by atoms with van der Waals surface area (Å²) in [7, 11) is -4.27. The molecule has 0 radical (unpaired) electrons. The molecule has 1 aromatic heterocycles. The molecule has 0 saturated carbocycles. The molecule has 1 heterocycles. The van der Waals surface area contributed by atoms with Crippen LogP contribution < -0.4 is 4.72 Å². The first kappa shape index (κ1) is 17.5. The average molecular weight is 367 g/mol. The molecule has 0 amide bonds. The Morgan fingerprint density at radius 2 is 1.88 bits per heavy atom. The lowest BCUT2D eigenvalue weighted by atomic mass is 10.0. The van der Waals surface area contributed by atoms with Gasteiger partial charge in [0, 0.05) is 18.0 Å². The van der Waals surface area contributed by atoms with Gasteiger partial charge in [-0.1, -0.05) is 18.2 Å². The number of para-hydroxylation sites is 1. The molecular formula is C17H15F2NO4S. The summed E-state index contributed by atoms with van der Waals surface area (Å²) in [6, 6.07) is 10.8. The molecule has 8 heteroatoms. The minimum Gasteiger partial charge on any atom is -0.458 e. The zero-order valence-electron chi connectivity index (χ0n) is 13.2. The Morgan fingerprint density at radius 3 is 2.56 bits per heavy atom. The van der Waals surface area contributed by atoms with Crippen LogP contribution in [0, 0.1) is 11.6 Å². The average Bonchev–Trinajstić information content (AvgIpc) is 2.98. The Hall–Kier alpha value is -2.29. The van der Waals surface area contributed by atoms with Crippen LogP contribution in [0.4, 0.5) is 8.78 Å². The lowest BCUT2D eigenvalue weighted by Crippen LogP contribution is -2.38. The van der Waals surface area contributed by atoms with Gasteiger partial charge in [0.1, 0.15) is 33.5 Å². The first-order chi connectivity index (χ1) is 11.7. The molecule has 1 unspecified atom stereocenters. The molecule has 0 spiro atoms. The lowest BCUT2D eigenvalue weighted by Gasteiger charge is -2.21. The summed E-state index contributed by atoms with van der Waals surface area (Å²) in [5.74, 6) is -1.93. The monoisotopic (exact) mass is 367 g/mol. The molecule has 5 nitrogen and oxygen atoms in total. The normalized spacial score (nSPS) is 14.6. The van der Waals surface area contributed by atoms with Crippen LogP contribution in [0.1, 0.15) is 12.7 Å². The van der Waals surface area contributed by atoms with E-state index in [-0.39, 0.29) is 5.76 Å². The van der Waals surface area contributed by atoms with Crippen LogP contribution >= 0.6 is 0 Å². The Labute approximate surface area is 142 Å². The van der Waals surface area contributed by atoms with E-state index in [2.05, 4.69) is 4.72 Å². The number of nitrogens with one attached hydrogen (secondary N) is 1. The summed E-state index contributed by atoms with van der Waals surface area (Å²) in [6.45, 7) is 0.917. The molecule has 0 bridgehead atoms. The third-order valence-corrected chi connectivity index (χ3v) is 5.18. The van der Waals surface area contributed by atoms with Crippen molar-refractivity contribution in [3.63, 3.8) is 0 Å². The summed E-state index contributed by atoms with van der Waals surface area (Å²) < 4.78 is 58.7. The zero-order valence-corrected chi connectivity index (χ0v) is 14.0. The lowest BCUT2D eigenvalue weighted by molar-refractivity contribution is 0.0411. The summed E-state index contributed by atoms with van der Waals surface area (Å²) in [5.41, 5.74) is -1.12. The van der Waals surface area contributed by atoms with Gasteiger partial charge in [-0.05, 0) is 31.2 Å². The number of fused-ring (bicyclic) bond motifs is 1. The predicted octanol–water partition coefficient (Wildman–Crippen LogP) is 2.90. The molecule has 1 atom stereocenters. The third-order valence-electron chi connectivity index (χ3n) is 3.75. The Bertz CT molecular complexity index is 995. The second-order valence-corrected chi connectivity index (χ2v) is 7.56. The van der Waals surface area contributed by atoms with Crippen molar-refractivity contribution in [1.29, 1.82) is 0 Å². The molecule has 0 aliphatic carbocycles. The summed E-state index contributed by atoms with van der Waals surface area (Å²) in [6.07, 6.45) is 0. The van der Waals surface area contributed by atoms with Crippen molar-refractivity contribution in [1.82, 2.24) is 4.72 Å². The van der Waals surface area contributed by atoms with Crippen molar-refractivity contribution in [2.75, 3.05) is 6.54 Å². The van der Waals surface area contributed by atoms with E-state index in [0.717, 1.165) is 17.5 Å². The quantitative estimate of drug-likeness (QED) is 0.727. The Balaban J connectivity index is 1.83. The van der Waals surface area contributed by atoms with Gasteiger partial charge in [-0.2, -0.15) is 0 Å². The second kappa shape index (κ2) is 6.21. The van der Waals surface area contributed by atoms with Gasteiger partial charge in [0.25, 0.3) is 0 Å². The minimum atomic E-state index is -4.27. The van der Waals surface area contributed by atoms with Crippen molar-refractivity contribution in [3.8, 4) is 0 Å². The van der Waals surface area contributed by atoms with E-state index < -0.39 is 38.7 Å². The number of hydrogen-bond acceptors (Lipinski definition) is 4. The smallest absolute Gasteiger partial charge is 0.243 e. The van der Waals surface area contributed by atoms with E-state index in [9.17, 15) is 22.3 Å². The highest BCUT2D eigenvalue weighted by Gasteiger charge is 2.30. The maximum Gasteiger partial charge on any atom is 0.243 e. The summed E-state index contributed by atoms with van der Waals surface area (Å²) >= 11 is 0. The molecule has 2 aromatic carbocycles. The van der Waals surface area contributed by atoms with Gasteiger partial charge in [-0.25, -0.2) is 21.9 Å². The van der Waals surface area contributed by atoms with E-state index in [4.69, 9.17) is 4.42 Å². The largest absolute Gasteiger partial charge is 0.458 e. The van der Waals surface area contributed by atoms with Crippen LogP contribution in [0.3, 0.4) is 0 Å². The molecule has 0 fully saturated rings. The van der Waals surface area contributed by atoms with Gasteiger partial charge in [-0.3, -0.25) is 0 Å². The van der Waals surface area contributed by atoms with Crippen LogP contribution in [-0.2, 0) is 15.6 Å². The molecule has 0 saturated heterocycles. The molecule has 0 aliphatic heterocycles. The van der Waals surface area contributed by atoms with Crippen LogP contribution in [0.5, 0.6) is 0 Å². The zero-order chi connectivity index (χ0) is 18.2. The van der Waals surface area contributed by atoms with Gasteiger partial charge in [0.2, 0.25) is 10.0 Å². The molecule has 25 heavy (non-hydrogen) atoms. The number of rotatable bonds is 5. The number of furan rings is 1. The van der Waals surface area contributed by atoms with Crippen LogP contribution in [-0.4, -0.2) is 20.1 Å². The number of hydrogen-bond donors (Lipinski definition) is 2. The first-order valence-electron chi connectivity index (χ1n) is 7.35. The number of halogens is 2. The van der Waals surface area contributed by atoms with E-state index in [0.29, 0.717) is 11.6 Å². The van der Waals surface area contributed by atoms with Crippen molar-refractivity contribution >= 4 is 21.0 Å². The van der Waals surface area contributed by atoms with Crippen LogP contribution in [0.2, 0.25) is 0 Å². The second-order valence-electron chi connectivity index (χ2n) is 5.82. The standard InChI is InChI=1S/C17H15F2NO4S/c1-17(21,16-8-11-4-2-3-5-14(11)24-16)10-20-25(22,23)15-7-6-12(18)9-13(15)19/h2-9,20-21H,10H2,1H3. The highest BCUT2D eigenvalue weighted by Crippen LogP contribution is 2.28. The van der Waals surface area contributed by atoms with Gasteiger partial charge in [0.15, 0.2) is 0 Å². The molecule has 2 N–H and O–H groups in total. The SMILES string of the molecule is CC(O)(CNS(=O)(=O)c1ccc(F)cc1F)c1cc2ccccc2o1. The molecule has 132 valence electrons. The topological polar surface area (TPSA) is 79.5 Å². The van der Waals surface area contributed by atoms with Crippen LogP contribution in [0.25, 0.3) is 11.0 Å². The molecule has 3 rings (SSSR count). The third kappa shape index (κ3) is 3.55. The number of benzene rings is 2. The summed E-state index contributed by atoms with van der Waals surface area (Å²) in [4.78, 5) is -0.700. The van der Waals surface area contributed by atoms with Gasteiger partial charge < -0.3 is 9.52 Å². The van der Waals surface area contributed by atoms with Gasteiger partial charge >= 0.3 is 0 Å². The van der Waals surface area contributed by atoms with E-state index in [1.54, 1.807) is 30.3 Å². The van der Waals surface area contributed by atoms with Crippen molar-refractivity contribution in [3.05, 3.63) is 65.9 Å². The van der Waals surface area contributed by atoms with Gasteiger partial charge in [-0.15, -0.1) is 0 Å². The molecule has 0 aliphatic rings. The fourth-order valence-electron chi connectivity index (χ4n) is 2.34. The predicted molar refractivity (Wildman–Crippen MR) is 87.3 cm³/mol. The highest BCUT2D eigenvalue weighted by molar-refractivity contribution is 7.89. The minimum absolute atomic E-state index is 0.163. The fraction of sp³-hybridized carbons (Fsp3) is 0.176. The van der Waals surface area contributed by atoms with Gasteiger partial charge in [0.05, 0.1) is 0 Å². The first-order valence-corrected chi connectivity index (χ1v) is 8.83. The fourth-order valence-corrected chi connectivity index (χ4v) is 3.53. The molecular weight excluding hydrogens is 352 g/mol. The Kier molecular flexibility index (Phi) is 4.36. The van der Waals surface area contributed by atoms with Crippen molar-refractivity contribution < 1.29 is 26.7 Å². The van der Waals surface area contributed by atoms with Crippen molar-refractivity contribution in [2.24, 2.45) is 0 Å². The summed E-state index contributed by atoms with van der Waals surface area (Å²) in [5, 5.41) is 11.3. The Morgan fingerprint density at radius 1 is 1.16 bits per heavy atom. The number of aliphatic hydroxyl groups is 1. The van der Waals surface area contributed by atoms with E-state index in [1.165, 1.54) is 6.92 Å². The van der Waals surface area contributed by atoms with Crippen LogP contribution in [0.15, 0.2) is 57.8 Å². The molecule has 3 aromatic rings.